The van der Waals surface area contributed by atoms with Crippen molar-refractivity contribution >= 4 is 29.8 Å². The first kappa shape index (κ1) is 91.3. The van der Waals surface area contributed by atoms with Crippen LogP contribution >= 0.6 is 0 Å². The fraction of sp³-hybridized carbons (Fsp3) is 0.577. The lowest BCUT2D eigenvalue weighted by Gasteiger charge is -2.50. The molecule has 3 aliphatic rings. The average Bonchev–Trinajstić information content (AvgIpc) is 0.754. The maximum Gasteiger partial charge on any atom is 0.338 e. The van der Waals surface area contributed by atoms with Gasteiger partial charge >= 0.3 is 29.8 Å². The second-order valence-corrected chi connectivity index (χ2v) is 33.8. The number of hydrogen-bond acceptors (Lipinski definition) is 18. The van der Waals surface area contributed by atoms with Gasteiger partial charge in [-0.15, -0.1) is 0 Å². The SMILES string of the molecule is CC(C)CCC[C@@H](C)CCC[C@@H](C)CCC[C@@H](C)CCOC[C@H](CO[C@@H]1O[C@H](COC(=O)c2ccccc2)[C@@H](O[C@@H]2O[C@@H]3COC(c4ccccc4)O[C@@H]3[C@H](OC(=O)c3ccccc3)[C@H]2OC(=O)c2ccccc2)[C@H](OC(=O)c2ccccc2)[C@H]1OC(=O)c1ccccc1)OCC[C@H](C)CCC[C@H](C)CCC[C@H](C)CCCC(C)C. The summed E-state index contributed by atoms with van der Waals surface area (Å²) >= 11 is 0. The average molecular weight is 1590 g/mol. The number of benzene rings is 6. The zero-order valence-electron chi connectivity index (χ0n) is 70.1. The van der Waals surface area contributed by atoms with Gasteiger partial charge in [-0.2, -0.15) is 0 Å². The predicted molar refractivity (Wildman–Crippen MR) is 445 cm³/mol. The van der Waals surface area contributed by atoms with Crippen LogP contribution < -0.4 is 0 Å². The van der Waals surface area contributed by atoms with E-state index in [4.69, 9.17) is 61.6 Å². The molecule has 0 spiro atoms. The van der Waals surface area contributed by atoms with E-state index in [1.807, 2.05) is 30.3 Å². The van der Waals surface area contributed by atoms with Crippen molar-refractivity contribution in [2.24, 2.45) is 47.3 Å². The summed E-state index contributed by atoms with van der Waals surface area (Å²) in [5.74, 6) is 1.03. The van der Waals surface area contributed by atoms with Crippen LogP contribution in [0.25, 0.3) is 0 Å². The molecule has 0 saturated carbocycles. The predicted octanol–water partition coefficient (Wildman–Crippen LogP) is 21.0. The van der Waals surface area contributed by atoms with Crippen molar-refractivity contribution in [1.82, 2.24) is 0 Å². The molecule has 0 amide bonds. The third-order valence-corrected chi connectivity index (χ3v) is 22.6. The van der Waals surface area contributed by atoms with Gasteiger partial charge in [0.15, 0.2) is 43.3 Å². The Morgan fingerprint density at radius 2 is 0.713 bits per heavy atom. The van der Waals surface area contributed by atoms with E-state index in [1.54, 1.807) is 152 Å². The molecule has 3 fully saturated rings. The molecule has 1 unspecified atom stereocenters. The van der Waals surface area contributed by atoms with Gasteiger partial charge in [0.2, 0.25) is 0 Å². The third kappa shape index (κ3) is 31.3. The summed E-state index contributed by atoms with van der Waals surface area (Å²) in [6.45, 7) is 23.5. The second-order valence-electron chi connectivity index (χ2n) is 33.8. The first-order chi connectivity index (χ1) is 55.7. The minimum absolute atomic E-state index is 0.114. The van der Waals surface area contributed by atoms with E-state index in [0.29, 0.717) is 42.4 Å². The Morgan fingerprint density at radius 1 is 0.357 bits per heavy atom. The molecular weight excluding hydrogens is 1450 g/mol. The molecule has 115 heavy (non-hydrogen) atoms. The van der Waals surface area contributed by atoms with Crippen molar-refractivity contribution < 1.29 is 85.6 Å². The van der Waals surface area contributed by atoms with Gasteiger partial charge in [-0.05, 0) is 121 Å². The lowest BCUT2D eigenvalue weighted by Crippen LogP contribution is -2.68. The highest BCUT2D eigenvalue weighted by molar-refractivity contribution is 5.92. The number of esters is 5. The zero-order valence-corrected chi connectivity index (χ0v) is 70.1. The van der Waals surface area contributed by atoms with Gasteiger partial charge in [0.05, 0.1) is 47.6 Å². The Balaban J connectivity index is 1.02. The van der Waals surface area contributed by atoms with Crippen molar-refractivity contribution in [3.63, 3.8) is 0 Å². The van der Waals surface area contributed by atoms with Gasteiger partial charge in [0.1, 0.15) is 37.1 Å². The molecule has 0 N–H and O–H groups in total. The van der Waals surface area contributed by atoms with Crippen LogP contribution in [0.3, 0.4) is 0 Å². The quantitative estimate of drug-likeness (QED) is 0.0198. The van der Waals surface area contributed by atoms with Crippen molar-refractivity contribution in [1.29, 1.82) is 0 Å². The number of hydrogen-bond donors (Lipinski definition) is 0. The highest BCUT2D eigenvalue weighted by Crippen LogP contribution is 2.41. The van der Waals surface area contributed by atoms with Gasteiger partial charge in [0.25, 0.3) is 0 Å². The van der Waals surface area contributed by atoms with Crippen molar-refractivity contribution in [2.45, 2.75) is 271 Å². The first-order valence-electron chi connectivity index (χ1n) is 43.1. The molecule has 18 nitrogen and oxygen atoms in total. The summed E-state index contributed by atoms with van der Waals surface area (Å²) in [5.41, 5.74) is 1.42. The third-order valence-electron chi connectivity index (χ3n) is 22.6. The van der Waals surface area contributed by atoms with Crippen molar-refractivity contribution in [2.75, 3.05) is 39.6 Å². The Hall–Kier alpha value is -7.65. The van der Waals surface area contributed by atoms with Crippen LogP contribution in [0.1, 0.15) is 261 Å². The van der Waals surface area contributed by atoms with Gasteiger partial charge in [-0.25, -0.2) is 24.0 Å². The summed E-state index contributed by atoms with van der Waals surface area (Å²) in [7, 11) is 0. The van der Waals surface area contributed by atoms with Crippen molar-refractivity contribution in [3.05, 3.63) is 215 Å². The molecule has 0 bridgehead atoms. The molecule has 0 aromatic heterocycles. The van der Waals surface area contributed by atoms with E-state index in [0.717, 1.165) is 62.2 Å². The van der Waals surface area contributed by atoms with Crippen LogP contribution in [0.5, 0.6) is 0 Å². The number of rotatable bonds is 50. The normalized spacial score (nSPS) is 22.7. The maximum absolute atomic E-state index is 15.1. The molecule has 3 heterocycles. The summed E-state index contributed by atoms with van der Waals surface area (Å²) in [6, 6.07) is 50.6. The van der Waals surface area contributed by atoms with Crippen LogP contribution in [0.4, 0.5) is 0 Å². The molecule has 3 saturated heterocycles. The summed E-state index contributed by atoms with van der Waals surface area (Å²) in [6.07, 6.45) is 6.54. The Kier molecular flexibility index (Phi) is 39.3. The van der Waals surface area contributed by atoms with Gasteiger partial charge < -0.3 is 61.6 Å². The number of carbonyl (C=O) groups is 5. The van der Waals surface area contributed by atoms with E-state index >= 15 is 4.79 Å². The minimum atomic E-state index is -1.80. The standard InChI is InChI=1S/C97H132O18/c1-67(2)35-29-37-69(5)39-31-41-71(7)43-33-45-73(9)59-61-103-63-81(104-62-60-74(10)46-34-44-72(8)42-32-40-70(6)38-30-36-68(3)4)64-106-96-88(112-93(101)78-53-23-14-24-54-78)86(110-91(99)76-49-19-12-20-50-76)85(82(108-96)65-105-90(98)75-47-17-11-18-48-75)115-97-89(113-94(102)79-55-25-15-26-56-79)87(111-92(100)77-51-21-13-22-52-77)84-83(109-97)66-107-95(114-84)80-57-27-16-28-58-80/h11-28,47-58,67-74,81-89,95-97H,29-46,59-66H2,1-10H3/t69-,70-,71-,72-,73-,74-,81-,82-,83-,84+,85-,86+,87+,88-,89-,95?,96-,97+/m1/s1. The monoisotopic (exact) mass is 1580 g/mol. The molecule has 628 valence electrons. The van der Waals surface area contributed by atoms with E-state index in [2.05, 4.69) is 69.2 Å². The lowest BCUT2D eigenvalue weighted by molar-refractivity contribution is -0.384. The number of carbonyl (C=O) groups excluding carboxylic acids is 5. The van der Waals surface area contributed by atoms with Crippen molar-refractivity contribution in [3.8, 4) is 0 Å². The molecule has 0 radical (unpaired) electrons. The molecule has 0 aliphatic carbocycles. The highest BCUT2D eigenvalue weighted by Gasteiger charge is 2.59. The van der Waals surface area contributed by atoms with E-state index < -0.39 is 110 Å². The minimum Gasteiger partial charge on any atom is -0.459 e. The fourth-order valence-corrected chi connectivity index (χ4v) is 15.5. The Bertz CT molecular complexity index is 3700. The van der Waals surface area contributed by atoms with Crippen LogP contribution in [0.2, 0.25) is 0 Å². The summed E-state index contributed by atoms with van der Waals surface area (Å²) in [4.78, 5) is 74.0. The first-order valence-corrected chi connectivity index (χ1v) is 43.1. The number of ether oxygens (including phenoxy) is 13. The molecule has 6 aromatic rings. The molecule has 18 atom stereocenters. The van der Waals surface area contributed by atoms with Crippen LogP contribution in [-0.2, 0) is 61.6 Å². The highest BCUT2D eigenvalue weighted by atomic mass is 16.8. The van der Waals surface area contributed by atoms with E-state index in [-0.39, 0.29) is 47.6 Å². The van der Waals surface area contributed by atoms with E-state index in [9.17, 15) is 19.2 Å². The van der Waals surface area contributed by atoms with Gasteiger partial charge in [0, 0.05) is 18.8 Å². The van der Waals surface area contributed by atoms with E-state index in [1.165, 1.54) is 89.9 Å². The lowest BCUT2D eigenvalue weighted by atomic mass is 9.91. The molecule has 3 aliphatic heterocycles. The van der Waals surface area contributed by atoms with Crippen LogP contribution in [0, 0.1) is 47.3 Å². The maximum atomic E-state index is 15.1. The zero-order chi connectivity index (χ0) is 81.7. The molecular formula is C97H132O18. The summed E-state index contributed by atoms with van der Waals surface area (Å²) < 4.78 is 87.5. The molecule has 9 rings (SSSR count). The Morgan fingerprint density at radius 3 is 1.13 bits per heavy atom. The van der Waals surface area contributed by atoms with Crippen LogP contribution in [-0.4, -0.2) is 137 Å². The Labute approximate surface area is 685 Å². The number of fused-ring (bicyclic) bond motifs is 1. The summed E-state index contributed by atoms with van der Waals surface area (Å²) in [5, 5.41) is 0. The molecule has 6 aromatic carbocycles. The van der Waals surface area contributed by atoms with Gasteiger partial charge in [-0.3, -0.25) is 0 Å². The molecule has 18 heteroatoms. The largest absolute Gasteiger partial charge is 0.459 e. The van der Waals surface area contributed by atoms with Crippen LogP contribution in [0.15, 0.2) is 182 Å². The smallest absolute Gasteiger partial charge is 0.338 e. The van der Waals surface area contributed by atoms with Gasteiger partial charge in [-0.1, -0.05) is 306 Å². The topological polar surface area (TPSA) is 205 Å². The second kappa shape index (κ2) is 49.5. The fourth-order valence-electron chi connectivity index (χ4n) is 15.5.